The number of carbonyl (C=O) groups is 1. The van der Waals surface area contributed by atoms with E-state index in [0.29, 0.717) is 11.6 Å². The predicted molar refractivity (Wildman–Crippen MR) is 79.5 cm³/mol. The van der Waals surface area contributed by atoms with Crippen LogP contribution in [0.3, 0.4) is 0 Å². The highest BCUT2D eigenvalue weighted by Gasteiger charge is 2.29. The molecule has 110 valence electrons. The fourth-order valence-electron chi connectivity index (χ4n) is 3.41. The first-order valence-electron chi connectivity index (χ1n) is 7.45. The Morgan fingerprint density at radius 2 is 2.14 bits per heavy atom. The van der Waals surface area contributed by atoms with Gasteiger partial charge >= 0.3 is 5.97 Å². The highest BCUT2D eigenvalue weighted by molar-refractivity contribution is 5.89. The maximum atomic E-state index is 11.0. The Morgan fingerprint density at radius 3 is 2.90 bits per heavy atom. The fraction of sp³-hybridized carbons (Fsp3) is 0.500. The van der Waals surface area contributed by atoms with Crippen LogP contribution in [0.1, 0.15) is 35.2 Å². The number of fused-ring (bicyclic) bond motifs is 1. The van der Waals surface area contributed by atoms with Crippen LogP contribution >= 0.6 is 0 Å². The van der Waals surface area contributed by atoms with Crippen molar-refractivity contribution in [3.63, 3.8) is 0 Å². The fourth-order valence-corrected chi connectivity index (χ4v) is 3.41. The van der Waals surface area contributed by atoms with Crippen molar-refractivity contribution in [3.8, 4) is 6.07 Å². The molecule has 2 aliphatic heterocycles. The Morgan fingerprint density at radius 1 is 1.29 bits per heavy atom. The summed E-state index contributed by atoms with van der Waals surface area (Å²) in [6.45, 7) is 4.04. The van der Waals surface area contributed by atoms with Gasteiger partial charge in [-0.05, 0) is 37.6 Å². The Labute approximate surface area is 124 Å². The average molecular weight is 285 g/mol. The number of hydrogen-bond acceptors (Lipinski definition) is 4. The second-order valence-electron chi connectivity index (χ2n) is 5.78. The Hall–Kier alpha value is -2.06. The lowest BCUT2D eigenvalue weighted by molar-refractivity contribution is 0.0697. The zero-order valence-electron chi connectivity index (χ0n) is 12.0. The third kappa shape index (κ3) is 2.72. The third-order valence-electron chi connectivity index (χ3n) is 4.54. The van der Waals surface area contributed by atoms with Gasteiger partial charge in [-0.25, -0.2) is 4.79 Å². The molecule has 5 nitrogen and oxygen atoms in total. The van der Waals surface area contributed by atoms with E-state index in [1.54, 1.807) is 12.1 Å². The second-order valence-corrected chi connectivity index (χ2v) is 5.78. The molecule has 0 spiro atoms. The van der Waals surface area contributed by atoms with E-state index in [2.05, 4.69) is 15.9 Å². The summed E-state index contributed by atoms with van der Waals surface area (Å²) in [5, 5.41) is 18.3. The molecule has 1 N–H and O–H groups in total. The molecular weight excluding hydrogens is 266 g/mol. The molecule has 2 saturated heterocycles. The standard InChI is InChI=1S/C16H19N3O2/c17-10-13-9-12(16(20)21)4-5-15(13)19-8-7-18-6-2-1-3-14(18)11-19/h4-5,9,14H,1-3,6-8,11H2,(H,20,21). The highest BCUT2D eigenvalue weighted by Crippen LogP contribution is 2.27. The summed E-state index contributed by atoms with van der Waals surface area (Å²) >= 11 is 0. The van der Waals surface area contributed by atoms with E-state index in [4.69, 9.17) is 5.11 Å². The zero-order chi connectivity index (χ0) is 14.8. The van der Waals surface area contributed by atoms with Gasteiger partial charge in [0.15, 0.2) is 0 Å². The van der Waals surface area contributed by atoms with Crippen molar-refractivity contribution in [2.45, 2.75) is 25.3 Å². The highest BCUT2D eigenvalue weighted by atomic mass is 16.4. The quantitative estimate of drug-likeness (QED) is 0.899. The summed E-state index contributed by atoms with van der Waals surface area (Å²) in [6.07, 6.45) is 3.77. The summed E-state index contributed by atoms with van der Waals surface area (Å²) < 4.78 is 0. The molecule has 2 heterocycles. The normalized spacial score (nSPS) is 22.4. The number of nitriles is 1. The molecule has 1 unspecified atom stereocenters. The van der Waals surface area contributed by atoms with Crippen LogP contribution in [0.4, 0.5) is 5.69 Å². The van der Waals surface area contributed by atoms with E-state index < -0.39 is 5.97 Å². The van der Waals surface area contributed by atoms with Crippen molar-refractivity contribution >= 4 is 11.7 Å². The van der Waals surface area contributed by atoms with Gasteiger partial charge in [-0.3, -0.25) is 4.90 Å². The number of piperazine rings is 1. The second kappa shape index (κ2) is 5.74. The Bertz CT molecular complexity index is 594. The number of carboxylic acid groups (broad SMARTS) is 1. The summed E-state index contributed by atoms with van der Waals surface area (Å²) in [5.74, 6) is -0.991. The number of nitrogens with zero attached hydrogens (tertiary/aromatic N) is 3. The molecule has 1 atom stereocenters. The van der Waals surface area contributed by atoms with Gasteiger partial charge in [-0.2, -0.15) is 5.26 Å². The molecule has 1 aromatic carbocycles. The minimum absolute atomic E-state index is 0.173. The van der Waals surface area contributed by atoms with E-state index in [-0.39, 0.29) is 5.56 Å². The van der Waals surface area contributed by atoms with Crippen LogP contribution in [0.5, 0.6) is 0 Å². The molecule has 5 heteroatoms. The first-order valence-corrected chi connectivity index (χ1v) is 7.45. The summed E-state index contributed by atoms with van der Waals surface area (Å²) in [7, 11) is 0. The van der Waals surface area contributed by atoms with E-state index in [1.165, 1.54) is 31.9 Å². The SMILES string of the molecule is N#Cc1cc(C(=O)O)ccc1N1CCN2CCCCC2C1. The van der Waals surface area contributed by atoms with Crippen molar-refractivity contribution in [1.29, 1.82) is 5.26 Å². The van der Waals surface area contributed by atoms with Gasteiger partial charge in [0.2, 0.25) is 0 Å². The van der Waals surface area contributed by atoms with E-state index in [0.717, 1.165) is 25.3 Å². The Kier molecular flexibility index (Phi) is 3.80. The zero-order valence-corrected chi connectivity index (χ0v) is 12.0. The first kappa shape index (κ1) is 13.9. The molecule has 1 aromatic rings. The third-order valence-corrected chi connectivity index (χ3v) is 4.54. The monoisotopic (exact) mass is 285 g/mol. The smallest absolute Gasteiger partial charge is 0.335 e. The van der Waals surface area contributed by atoms with Crippen LogP contribution in [-0.4, -0.2) is 48.2 Å². The minimum Gasteiger partial charge on any atom is -0.478 e. The number of aromatic carboxylic acids is 1. The van der Waals surface area contributed by atoms with Gasteiger partial charge in [-0.1, -0.05) is 6.42 Å². The van der Waals surface area contributed by atoms with E-state index in [1.807, 2.05) is 0 Å². The maximum absolute atomic E-state index is 11.0. The van der Waals surface area contributed by atoms with Gasteiger partial charge in [0.05, 0.1) is 16.8 Å². The molecule has 0 saturated carbocycles. The van der Waals surface area contributed by atoms with Crippen LogP contribution in [0.25, 0.3) is 0 Å². The molecular formula is C16H19N3O2. The van der Waals surface area contributed by atoms with Gasteiger partial charge < -0.3 is 10.0 Å². The van der Waals surface area contributed by atoms with Crippen molar-refractivity contribution in [2.24, 2.45) is 0 Å². The molecule has 2 aliphatic rings. The van der Waals surface area contributed by atoms with E-state index >= 15 is 0 Å². The number of anilines is 1. The minimum atomic E-state index is -0.991. The number of benzene rings is 1. The number of piperidine rings is 1. The predicted octanol–water partition coefficient (Wildman–Crippen LogP) is 1.93. The van der Waals surface area contributed by atoms with Crippen molar-refractivity contribution in [1.82, 2.24) is 4.90 Å². The summed E-state index contributed by atoms with van der Waals surface area (Å²) in [5.41, 5.74) is 1.50. The van der Waals surface area contributed by atoms with E-state index in [9.17, 15) is 10.1 Å². The average Bonchev–Trinajstić information content (AvgIpc) is 2.53. The molecule has 0 radical (unpaired) electrons. The first-order chi connectivity index (χ1) is 10.2. The van der Waals surface area contributed by atoms with Gasteiger partial charge in [-0.15, -0.1) is 0 Å². The van der Waals surface area contributed by atoms with Gasteiger partial charge in [0, 0.05) is 25.7 Å². The molecule has 0 aromatic heterocycles. The summed E-state index contributed by atoms with van der Waals surface area (Å²) in [6, 6.07) is 7.55. The summed E-state index contributed by atoms with van der Waals surface area (Å²) in [4.78, 5) is 15.8. The molecule has 3 rings (SSSR count). The van der Waals surface area contributed by atoms with Gasteiger partial charge in [0.25, 0.3) is 0 Å². The van der Waals surface area contributed by atoms with Gasteiger partial charge in [0.1, 0.15) is 6.07 Å². The lowest BCUT2D eigenvalue weighted by Gasteiger charge is -2.45. The topological polar surface area (TPSA) is 67.6 Å². The van der Waals surface area contributed by atoms with Crippen LogP contribution in [-0.2, 0) is 0 Å². The van der Waals surface area contributed by atoms with Crippen molar-refractivity contribution in [2.75, 3.05) is 31.1 Å². The maximum Gasteiger partial charge on any atom is 0.335 e. The number of hydrogen-bond donors (Lipinski definition) is 1. The molecule has 2 fully saturated rings. The van der Waals surface area contributed by atoms with Crippen LogP contribution in [0.15, 0.2) is 18.2 Å². The van der Waals surface area contributed by atoms with Crippen molar-refractivity contribution in [3.05, 3.63) is 29.3 Å². The van der Waals surface area contributed by atoms with Crippen LogP contribution < -0.4 is 4.90 Å². The lowest BCUT2D eigenvalue weighted by Crippen LogP contribution is -2.55. The van der Waals surface area contributed by atoms with Crippen LogP contribution in [0.2, 0.25) is 0 Å². The van der Waals surface area contributed by atoms with Crippen LogP contribution in [0, 0.1) is 11.3 Å². The van der Waals surface area contributed by atoms with Crippen molar-refractivity contribution < 1.29 is 9.90 Å². The molecule has 0 amide bonds. The molecule has 21 heavy (non-hydrogen) atoms. The largest absolute Gasteiger partial charge is 0.478 e. The lowest BCUT2D eigenvalue weighted by atomic mass is 9.98. The molecule has 0 bridgehead atoms. The number of carboxylic acids is 1. The molecule has 0 aliphatic carbocycles. The Balaban J connectivity index is 1.83. The number of rotatable bonds is 2.